The summed E-state index contributed by atoms with van der Waals surface area (Å²) in [4.78, 5) is 18.4. The largest absolute Gasteiger partial charge is 0.379 e. The van der Waals surface area contributed by atoms with Crippen molar-refractivity contribution in [1.82, 2.24) is 9.88 Å². The van der Waals surface area contributed by atoms with Crippen molar-refractivity contribution in [3.8, 4) is 0 Å². The summed E-state index contributed by atoms with van der Waals surface area (Å²) in [6.45, 7) is 1.62. The zero-order valence-electron chi connectivity index (χ0n) is 12.6. The Kier molecular flexibility index (Phi) is 4.68. The maximum absolute atomic E-state index is 12.3. The van der Waals surface area contributed by atoms with E-state index >= 15 is 0 Å². The number of pyridine rings is 1. The number of hydrogen-bond acceptors (Lipinski definition) is 3. The molecule has 3 rings (SSSR count). The van der Waals surface area contributed by atoms with Crippen molar-refractivity contribution in [2.45, 2.75) is 25.3 Å². The summed E-state index contributed by atoms with van der Waals surface area (Å²) in [5.41, 5.74) is 2.24. The van der Waals surface area contributed by atoms with Crippen molar-refractivity contribution in [3.63, 3.8) is 0 Å². The van der Waals surface area contributed by atoms with Gasteiger partial charge < -0.3 is 10.2 Å². The Hall–Kier alpha value is -2.36. The molecule has 4 heteroatoms. The average Bonchev–Trinajstić information content (AvgIpc) is 3.03. The Bertz CT molecular complexity index is 600. The standard InChI is InChI=1S/C18H21N3O/c22-18(9-8-15-5-2-1-3-6-15)21-12-10-17(14-21)20-16-7-4-11-19-13-16/h1-7,11,13,17,20H,8-10,12,14H2/t17-/m1/s1. The van der Waals surface area contributed by atoms with Crippen LogP contribution in [0.4, 0.5) is 5.69 Å². The van der Waals surface area contributed by atoms with Gasteiger partial charge in [0, 0.05) is 37.9 Å². The Morgan fingerprint density at radius 1 is 1.23 bits per heavy atom. The first-order chi connectivity index (χ1) is 10.8. The molecule has 1 fully saturated rings. The zero-order valence-corrected chi connectivity index (χ0v) is 12.6. The van der Waals surface area contributed by atoms with Crippen molar-refractivity contribution in [3.05, 3.63) is 60.4 Å². The maximum Gasteiger partial charge on any atom is 0.222 e. The fourth-order valence-electron chi connectivity index (χ4n) is 2.84. The SMILES string of the molecule is O=C(CCc1ccccc1)N1CC[C@@H](Nc2cccnc2)C1. The predicted molar refractivity (Wildman–Crippen MR) is 87.6 cm³/mol. The van der Waals surface area contributed by atoms with Crippen molar-refractivity contribution in [1.29, 1.82) is 0 Å². The summed E-state index contributed by atoms with van der Waals surface area (Å²) in [6, 6.07) is 14.4. The monoisotopic (exact) mass is 295 g/mol. The van der Waals surface area contributed by atoms with Gasteiger partial charge in [0.25, 0.3) is 0 Å². The van der Waals surface area contributed by atoms with E-state index in [0.29, 0.717) is 12.5 Å². The van der Waals surface area contributed by atoms with Crippen LogP contribution in [0.1, 0.15) is 18.4 Å². The molecule has 4 nitrogen and oxygen atoms in total. The Labute approximate surface area is 131 Å². The lowest BCUT2D eigenvalue weighted by atomic mass is 10.1. The van der Waals surface area contributed by atoms with Gasteiger partial charge in [0.05, 0.1) is 5.69 Å². The molecule has 0 radical (unpaired) electrons. The van der Waals surface area contributed by atoms with Crippen molar-refractivity contribution in [2.24, 2.45) is 0 Å². The van der Waals surface area contributed by atoms with Crippen LogP contribution in [0.3, 0.4) is 0 Å². The van der Waals surface area contributed by atoms with E-state index in [1.165, 1.54) is 5.56 Å². The molecule has 1 atom stereocenters. The van der Waals surface area contributed by atoms with Crippen molar-refractivity contribution in [2.75, 3.05) is 18.4 Å². The van der Waals surface area contributed by atoms with E-state index in [9.17, 15) is 4.79 Å². The number of amides is 1. The van der Waals surface area contributed by atoms with Gasteiger partial charge in [-0.1, -0.05) is 30.3 Å². The first kappa shape index (κ1) is 14.6. The van der Waals surface area contributed by atoms with Gasteiger partial charge in [0.1, 0.15) is 0 Å². The Balaban J connectivity index is 1.46. The van der Waals surface area contributed by atoms with E-state index in [2.05, 4.69) is 22.4 Å². The third kappa shape index (κ3) is 3.85. The van der Waals surface area contributed by atoms with Crippen LogP contribution in [0.15, 0.2) is 54.9 Å². The van der Waals surface area contributed by atoms with Crippen LogP contribution < -0.4 is 5.32 Å². The molecule has 0 unspecified atom stereocenters. The number of anilines is 1. The van der Waals surface area contributed by atoms with Crippen molar-refractivity contribution < 1.29 is 4.79 Å². The van der Waals surface area contributed by atoms with Gasteiger partial charge in [-0.25, -0.2) is 0 Å². The molecule has 0 saturated carbocycles. The molecule has 0 aliphatic carbocycles. The van der Waals surface area contributed by atoms with Gasteiger partial charge in [-0.05, 0) is 30.5 Å². The fraction of sp³-hybridized carbons (Fsp3) is 0.333. The molecule has 1 saturated heterocycles. The molecule has 1 aliphatic heterocycles. The summed E-state index contributed by atoms with van der Waals surface area (Å²) >= 11 is 0. The molecule has 0 bridgehead atoms. The quantitative estimate of drug-likeness (QED) is 0.922. The van der Waals surface area contributed by atoms with Gasteiger partial charge in [-0.2, -0.15) is 0 Å². The van der Waals surface area contributed by atoms with Gasteiger partial charge in [-0.3, -0.25) is 9.78 Å². The summed E-state index contributed by atoms with van der Waals surface area (Å²) in [7, 11) is 0. The van der Waals surface area contributed by atoms with Gasteiger partial charge >= 0.3 is 0 Å². The summed E-state index contributed by atoms with van der Waals surface area (Å²) in [5, 5.41) is 3.44. The summed E-state index contributed by atoms with van der Waals surface area (Å²) in [5.74, 6) is 0.249. The minimum absolute atomic E-state index is 0.249. The highest BCUT2D eigenvalue weighted by Gasteiger charge is 2.25. The highest BCUT2D eigenvalue weighted by atomic mass is 16.2. The Morgan fingerprint density at radius 3 is 2.86 bits per heavy atom. The molecule has 2 heterocycles. The molecule has 1 N–H and O–H groups in total. The number of nitrogens with one attached hydrogen (secondary N) is 1. The van der Waals surface area contributed by atoms with E-state index in [1.807, 2.05) is 41.4 Å². The average molecular weight is 295 g/mol. The van der Waals surface area contributed by atoms with E-state index in [-0.39, 0.29) is 5.91 Å². The first-order valence-electron chi connectivity index (χ1n) is 7.79. The number of rotatable bonds is 5. The second-order valence-corrected chi connectivity index (χ2v) is 5.70. The third-order valence-corrected chi connectivity index (χ3v) is 4.04. The highest BCUT2D eigenvalue weighted by Crippen LogP contribution is 2.16. The van der Waals surface area contributed by atoms with Crippen LogP contribution in [0, 0.1) is 0 Å². The fourth-order valence-corrected chi connectivity index (χ4v) is 2.84. The molecule has 2 aromatic rings. The smallest absolute Gasteiger partial charge is 0.222 e. The van der Waals surface area contributed by atoms with E-state index in [0.717, 1.165) is 31.6 Å². The number of likely N-dealkylation sites (tertiary alicyclic amines) is 1. The van der Waals surface area contributed by atoms with Crippen LogP contribution in [0.2, 0.25) is 0 Å². The predicted octanol–water partition coefficient (Wildman–Crippen LogP) is 2.73. The van der Waals surface area contributed by atoms with Crippen molar-refractivity contribution >= 4 is 11.6 Å². The lowest BCUT2D eigenvalue weighted by molar-refractivity contribution is -0.130. The lowest BCUT2D eigenvalue weighted by Crippen LogP contribution is -2.31. The number of benzene rings is 1. The number of nitrogens with zero attached hydrogens (tertiary/aromatic N) is 2. The highest BCUT2D eigenvalue weighted by molar-refractivity contribution is 5.77. The molecular formula is C18H21N3O. The number of aromatic nitrogens is 1. The molecular weight excluding hydrogens is 274 g/mol. The summed E-state index contributed by atoms with van der Waals surface area (Å²) in [6.07, 6.45) is 5.98. The summed E-state index contributed by atoms with van der Waals surface area (Å²) < 4.78 is 0. The minimum atomic E-state index is 0.249. The molecule has 0 spiro atoms. The first-order valence-corrected chi connectivity index (χ1v) is 7.79. The molecule has 1 aliphatic rings. The van der Waals surface area contributed by atoms with Crippen LogP contribution in [-0.2, 0) is 11.2 Å². The molecule has 1 aromatic heterocycles. The van der Waals surface area contributed by atoms with Gasteiger partial charge in [-0.15, -0.1) is 0 Å². The third-order valence-electron chi connectivity index (χ3n) is 4.04. The topological polar surface area (TPSA) is 45.2 Å². The number of aryl methyl sites for hydroxylation is 1. The van der Waals surface area contributed by atoms with E-state index < -0.39 is 0 Å². The lowest BCUT2D eigenvalue weighted by Gasteiger charge is -2.17. The zero-order chi connectivity index (χ0) is 15.2. The second kappa shape index (κ2) is 7.07. The normalized spacial score (nSPS) is 17.5. The van der Waals surface area contributed by atoms with Gasteiger partial charge in [0.2, 0.25) is 5.91 Å². The van der Waals surface area contributed by atoms with E-state index in [4.69, 9.17) is 0 Å². The Morgan fingerprint density at radius 2 is 2.09 bits per heavy atom. The van der Waals surface area contributed by atoms with Crippen LogP contribution in [-0.4, -0.2) is 34.9 Å². The van der Waals surface area contributed by atoms with Crippen LogP contribution in [0.25, 0.3) is 0 Å². The maximum atomic E-state index is 12.3. The van der Waals surface area contributed by atoms with Crippen LogP contribution >= 0.6 is 0 Å². The van der Waals surface area contributed by atoms with E-state index in [1.54, 1.807) is 6.20 Å². The number of carbonyl (C=O) groups excluding carboxylic acids is 1. The molecule has 114 valence electrons. The number of carbonyl (C=O) groups is 1. The van der Waals surface area contributed by atoms with Crippen LogP contribution in [0.5, 0.6) is 0 Å². The molecule has 1 amide bonds. The second-order valence-electron chi connectivity index (χ2n) is 5.70. The molecule has 1 aromatic carbocycles. The number of hydrogen-bond donors (Lipinski definition) is 1. The minimum Gasteiger partial charge on any atom is -0.379 e. The molecule has 22 heavy (non-hydrogen) atoms. The van der Waals surface area contributed by atoms with Gasteiger partial charge in [0.15, 0.2) is 0 Å².